The van der Waals surface area contributed by atoms with Crippen molar-refractivity contribution in [2.75, 3.05) is 11.1 Å². The van der Waals surface area contributed by atoms with E-state index in [1.807, 2.05) is 6.07 Å². The largest absolute Gasteiger partial charge is 0.431 e. The molecular formula is C16H10ClF3N2O2S. The number of amides is 1. The summed E-state index contributed by atoms with van der Waals surface area (Å²) in [6, 6.07) is 9.91. The standard InChI is InChI=1S/C16H10ClF3N2O2S/c17-10-7-9(16(18,19)20)5-6-11(10)21-14(23)8-25-15-22-12-3-1-2-4-13(12)24-15/h1-7H,8H2,(H,21,23). The topological polar surface area (TPSA) is 55.1 Å². The molecule has 0 fully saturated rings. The summed E-state index contributed by atoms with van der Waals surface area (Å²) in [5.74, 6) is -0.460. The van der Waals surface area contributed by atoms with Gasteiger partial charge in [-0.05, 0) is 30.3 Å². The zero-order valence-electron chi connectivity index (χ0n) is 12.4. The summed E-state index contributed by atoms with van der Waals surface area (Å²) in [5, 5.41) is 2.61. The number of alkyl halides is 3. The Morgan fingerprint density at radius 3 is 2.68 bits per heavy atom. The third-order valence-corrected chi connectivity index (χ3v) is 4.31. The minimum absolute atomic E-state index is 0.0236. The van der Waals surface area contributed by atoms with Crippen molar-refractivity contribution in [3.63, 3.8) is 0 Å². The number of halogens is 4. The van der Waals surface area contributed by atoms with E-state index in [4.69, 9.17) is 16.0 Å². The Morgan fingerprint density at radius 1 is 1.24 bits per heavy atom. The average Bonchev–Trinajstić information content (AvgIpc) is 2.97. The number of fused-ring (bicyclic) bond motifs is 1. The van der Waals surface area contributed by atoms with Crippen LogP contribution in [0.15, 0.2) is 52.1 Å². The van der Waals surface area contributed by atoms with Crippen LogP contribution in [0, 0.1) is 0 Å². The first-order valence-corrected chi connectivity index (χ1v) is 8.34. The number of hydrogen-bond acceptors (Lipinski definition) is 4. The van der Waals surface area contributed by atoms with Gasteiger partial charge in [0.2, 0.25) is 5.91 Å². The van der Waals surface area contributed by atoms with E-state index in [0.717, 1.165) is 30.0 Å². The van der Waals surface area contributed by atoms with Crippen molar-refractivity contribution in [2.24, 2.45) is 0 Å². The second kappa shape index (κ2) is 6.97. The number of carbonyl (C=O) groups excluding carboxylic acids is 1. The summed E-state index contributed by atoms with van der Waals surface area (Å²) in [5.41, 5.74) is 0.515. The zero-order valence-corrected chi connectivity index (χ0v) is 14.0. The maximum atomic E-state index is 12.6. The van der Waals surface area contributed by atoms with Crippen LogP contribution in [0.5, 0.6) is 0 Å². The summed E-state index contributed by atoms with van der Waals surface area (Å²) in [6.45, 7) is 0. The Bertz CT molecular complexity index is 894. The van der Waals surface area contributed by atoms with Crippen LogP contribution in [-0.2, 0) is 11.0 Å². The van der Waals surface area contributed by atoms with Crippen molar-refractivity contribution in [1.82, 2.24) is 4.98 Å². The molecule has 0 aliphatic rings. The highest BCUT2D eigenvalue weighted by molar-refractivity contribution is 7.99. The fraction of sp³-hybridized carbons (Fsp3) is 0.125. The predicted molar refractivity (Wildman–Crippen MR) is 89.8 cm³/mol. The highest BCUT2D eigenvalue weighted by atomic mass is 35.5. The molecule has 1 heterocycles. The molecule has 9 heteroatoms. The van der Waals surface area contributed by atoms with E-state index >= 15 is 0 Å². The molecule has 130 valence electrons. The SMILES string of the molecule is O=C(CSc1nc2ccccc2o1)Nc1ccc(C(F)(F)F)cc1Cl. The molecule has 0 spiro atoms. The second-order valence-electron chi connectivity index (χ2n) is 4.98. The lowest BCUT2D eigenvalue weighted by atomic mass is 10.2. The highest BCUT2D eigenvalue weighted by Gasteiger charge is 2.31. The molecule has 2 aromatic carbocycles. The molecule has 0 aliphatic heterocycles. The Morgan fingerprint density at radius 2 is 2.00 bits per heavy atom. The zero-order chi connectivity index (χ0) is 18.0. The van der Waals surface area contributed by atoms with E-state index in [1.54, 1.807) is 18.2 Å². The smallest absolute Gasteiger partial charge is 0.416 e. The van der Waals surface area contributed by atoms with Crippen LogP contribution in [0.1, 0.15) is 5.56 Å². The molecule has 4 nitrogen and oxygen atoms in total. The Labute approximate surface area is 149 Å². The number of aromatic nitrogens is 1. The lowest BCUT2D eigenvalue weighted by Crippen LogP contribution is -2.15. The van der Waals surface area contributed by atoms with Gasteiger partial charge in [-0.2, -0.15) is 13.2 Å². The van der Waals surface area contributed by atoms with Gasteiger partial charge >= 0.3 is 6.18 Å². The quantitative estimate of drug-likeness (QED) is 0.624. The molecule has 25 heavy (non-hydrogen) atoms. The molecule has 0 unspecified atom stereocenters. The van der Waals surface area contributed by atoms with Crippen molar-refractivity contribution < 1.29 is 22.4 Å². The number of oxazole rings is 1. The monoisotopic (exact) mass is 386 g/mol. The van der Waals surface area contributed by atoms with Crippen LogP contribution in [0.2, 0.25) is 5.02 Å². The minimum Gasteiger partial charge on any atom is -0.431 e. The number of anilines is 1. The van der Waals surface area contributed by atoms with Crippen molar-refractivity contribution in [3.05, 3.63) is 53.1 Å². The molecule has 1 N–H and O–H groups in total. The third kappa shape index (κ3) is 4.26. The minimum atomic E-state index is -4.49. The van der Waals surface area contributed by atoms with Crippen LogP contribution in [0.3, 0.4) is 0 Å². The number of hydrogen-bond donors (Lipinski definition) is 1. The molecule has 0 bridgehead atoms. The first-order chi connectivity index (χ1) is 11.8. The van der Waals surface area contributed by atoms with Gasteiger partial charge in [0.05, 0.1) is 22.0 Å². The normalized spacial score (nSPS) is 11.7. The number of rotatable bonds is 4. The Kier molecular flexibility index (Phi) is 4.91. The van der Waals surface area contributed by atoms with Crippen molar-refractivity contribution in [1.29, 1.82) is 0 Å². The number of benzene rings is 2. The van der Waals surface area contributed by atoms with Crippen LogP contribution < -0.4 is 5.32 Å². The van der Waals surface area contributed by atoms with Gasteiger partial charge < -0.3 is 9.73 Å². The van der Waals surface area contributed by atoms with Gasteiger partial charge in [-0.3, -0.25) is 4.79 Å². The van der Waals surface area contributed by atoms with E-state index < -0.39 is 17.6 Å². The van der Waals surface area contributed by atoms with E-state index in [2.05, 4.69) is 10.3 Å². The summed E-state index contributed by atoms with van der Waals surface area (Å²) in [7, 11) is 0. The maximum Gasteiger partial charge on any atom is 0.416 e. The second-order valence-corrected chi connectivity index (χ2v) is 6.31. The van der Waals surface area contributed by atoms with Crippen LogP contribution in [0.25, 0.3) is 11.1 Å². The van der Waals surface area contributed by atoms with E-state index in [-0.39, 0.29) is 16.5 Å². The fourth-order valence-corrected chi connectivity index (χ4v) is 2.89. The number of para-hydroxylation sites is 2. The molecule has 0 aliphatic carbocycles. The Hall–Kier alpha value is -2.19. The lowest BCUT2D eigenvalue weighted by Gasteiger charge is -2.10. The summed E-state index contributed by atoms with van der Waals surface area (Å²) >= 11 is 6.87. The van der Waals surface area contributed by atoms with E-state index in [0.29, 0.717) is 16.3 Å². The molecule has 0 radical (unpaired) electrons. The molecular weight excluding hydrogens is 377 g/mol. The molecule has 0 saturated heterocycles. The van der Waals surface area contributed by atoms with E-state index in [1.165, 1.54) is 0 Å². The number of carbonyl (C=O) groups is 1. The molecule has 0 saturated carbocycles. The summed E-state index contributed by atoms with van der Waals surface area (Å²) in [6.07, 6.45) is -4.49. The van der Waals surface area contributed by atoms with Gasteiger partial charge in [-0.1, -0.05) is 35.5 Å². The molecule has 1 aromatic heterocycles. The van der Waals surface area contributed by atoms with Gasteiger partial charge in [-0.15, -0.1) is 0 Å². The fourth-order valence-electron chi connectivity index (χ4n) is 2.02. The Balaban J connectivity index is 1.62. The van der Waals surface area contributed by atoms with Gasteiger partial charge in [0.15, 0.2) is 5.58 Å². The van der Waals surface area contributed by atoms with Gasteiger partial charge in [0, 0.05) is 0 Å². The van der Waals surface area contributed by atoms with Crippen LogP contribution in [-0.4, -0.2) is 16.6 Å². The highest BCUT2D eigenvalue weighted by Crippen LogP contribution is 2.34. The van der Waals surface area contributed by atoms with Crippen molar-refractivity contribution in [2.45, 2.75) is 11.4 Å². The number of nitrogens with one attached hydrogen (secondary N) is 1. The number of nitrogens with zero attached hydrogens (tertiary/aromatic N) is 1. The van der Waals surface area contributed by atoms with Gasteiger partial charge in [-0.25, -0.2) is 4.98 Å². The van der Waals surface area contributed by atoms with Gasteiger partial charge in [0.25, 0.3) is 5.22 Å². The lowest BCUT2D eigenvalue weighted by molar-refractivity contribution is -0.137. The molecule has 3 aromatic rings. The first kappa shape index (κ1) is 17.6. The molecule has 0 atom stereocenters. The van der Waals surface area contributed by atoms with Crippen molar-refractivity contribution >= 4 is 46.1 Å². The summed E-state index contributed by atoms with van der Waals surface area (Å²) in [4.78, 5) is 16.2. The third-order valence-electron chi connectivity index (χ3n) is 3.17. The summed E-state index contributed by atoms with van der Waals surface area (Å²) < 4.78 is 43.2. The predicted octanol–water partition coefficient (Wildman–Crippen LogP) is 5.23. The van der Waals surface area contributed by atoms with Crippen LogP contribution >= 0.6 is 23.4 Å². The maximum absolute atomic E-state index is 12.6. The number of thioether (sulfide) groups is 1. The molecule has 3 rings (SSSR count). The first-order valence-electron chi connectivity index (χ1n) is 6.98. The van der Waals surface area contributed by atoms with Crippen LogP contribution in [0.4, 0.5) is 18.9 Å². The van der Waals surface area contributed by atoms with Gasteiger partial charge in [0.1, 0.15) is 5.52 Å². The molecule has 1 amide bonds. The average molecular weight is 387 g/mol. The van der Waals surface area contributed by atoms with E-state index in [9.17, 15) is 18.0 Å². The van der Waals surface area contributed by atoms with Crippen molar-refractivity contribution in [3.8, 4) is 0 Å².